The molecule has 102 valence electrons. The van der Waals surface area contributed by atoms with E-state index in [0.717, 1.165) is 28.7 Å². The zero-order chi connectivity index (χ0) is 13.8. The van der Waals surface area contributed by atoms with Gasteiger partial charge in [-0.2, -0.15) is 0 Å². The Morgan fingerprint density at radius 1 is 1.32 bits per heavy atom. The van der Waals surface area contributed by atoms with Crippen molar-refractivity contribution >= 4 is 22.3 Å². The number of rotatable bonds is 5. The number of nitrogens with zero attached hydrogens (tertiary/aromatic N) is 1. The molecule has 0 aliphatic carbocycles. The number of fused-ring (bicyclic) bond motifs is 1. The fraction of sp³-hybridized carbons (Fsp3) is 0.400. The minimum atomic E-state index is -0.351. The zero-order valence-electron chi connectivity index (χ0n) is 11.4. The first-order valence-corrected chi connectivity index (χ1v) is 6.63. The summed E-state index contributed by atoms with van der Waals surface area (Å²) in [6, 6.07) is 7.59. The molecule has 1 atom stereocenters. The van der Waals surface area contributed by atoms with Gasteiger partial charge in [-0.3, -0.25) is 4.98 Å². The summed E-state index contributed by atoms with van der Waals surface area (Å²) >= 11 is 0. The monoisotopic (exact) mass is 259 g/mol. The van der Waals surface area contributed by atoms with Crippen LogP contribution in [-0.2, 0) is 0 Å². The van der Waals surface area contributed by atoms with Crippen LogP contribution in [0, 0.1) is 5.92 Å². The van der Waals surface area contributed by atoms with Crippen molar-refractivity contribution in [1.82, 2.24) is 4.98 Å². The van der Waals surface area contributed by atoms with Gasteiger partial charge in [-0.1, -0.05) is 13.8 Å². The van der Waals surface area contributed by atoms with E-state index in [1.54, 1.807) is 6.20 Å². The lowest BCUT2D eigenvalue weighted by atomic mass is 10.1. The largest absolute Gasteiger partial charge is 0.398 e. The molecule has 0 aliphatic heterocycles. The van der Waals surface area contributed by atoms with Crippen LogP contribution in [-0.4, -0.2) is 22.7 Å². The van der Waals surface area contributed by atoms with Crippen LogP contribution in [0.25, 0.3) is 10.9 Å². The lowest BCUT2D eigenvalue weighted by molar-refractivity contribution is 0.161. The SMILES string of the molecule is CC(C)CC(O)CNc1ccc(N)c2cccnc12. The maximum absolute atomic E-state index is 9.90. The summed E-state index contributed by atoms with van der Waals surface area (Å²) in [5.41, 5.74) is 8.41. The number of pyridine rings is 1. The van der Waals surface area contributed by atoms with E-state index < -0.39 is 0 Å². The molecule has 2 aromatic rings. The van der Waals surface area contributed by atoms with Gasteiger partial charge >= 0.3 is 0 Å². The van der Waals surface area contributed by atoms with E-state index in [0.29, 0.717) is 12.5 Å². The van der Waals surface area contributed by atoms with Crippen molar-refractivity contribution in [2.75, 3.05) is 17.6 Å². The maximum Gasteiger partial charge on any atom is 0.0953 e. The van der Waals surface area contributed by atoms with E-state index in [-0.39, 0.29) is 6.10 Å². The van der Waals surface area contributed by atoms with Crippen LogP contribution < -0.4 is 11.1 Å². The van der Waals surface area contributed by atoms with Crippen molar-refractivity contribution < 1.29 is 5.11 Å². The highest BCUT2D eigenvalue weighted by molar-refractivity contribution is 5.98. The molecule has 0 radical (unpaired) electrons. The summed E-state index contributed by atoms with van der Waals surface area (Å²) in [7, 11) is 0. The summed E-state index contributed by atoms with van der Waals surface area (Å²) in [5, 5.41) is 14.1. The number of aliphatic hydroxyl groups is 1. The van der Waals surface area contributed by atoms with E-state index in [4.69, 9.17) is 5.73 Å². The number of nitrogens with two attached hydrogens (primary N) is 1. The molecule has 1 aromatic carbocycles. The zero-order valence-corrected chi connectivity index (χ0v) is 11.4. The molecule has 1 aromatic heterocycles. The molecule has 0 aliphatic rings. The summed E-state index contributed by atoms with van der Waals surface area (Å²) in [6.45, 7) is 4.72. The van der Waals surface area contributed by atoms with Gasteiger partial charge in [-0.15, -0.1) is 0 Å². The van der Waals surface area contributed by atoms with Gasteiger partial charge in [0.2, 0.25) is 0 Å². The molecule has 0 saturated heterocycles. The van der Waals surface area contributed by atoms with Gasteiger partial charge in [-0.25, -0.2) is 0 Å². The highest BCUT2D eigenvalue weighted by Crippen LogP contribution is 2.26. The lowest BCUT2D eigenvalue weighted by Crippen LogP contribution is -2.21. The fourth-order valence-electron chi connectivity index (χ4n) is 2.19. The average Bonchev–Trinajstić information content (AvgIpc) is 2.37. The molecule has 0 saturated carbocycles. The Bertz CT molecular complexity index is 554. The van der Waals surface area contributed by atoms with Gasteiger partial charge in [0.05, 0.1) is 17.3 Å². The minimum absolute atomic E-state index is 0.351. The second-order valence-electron chi connectivity index (χ2n) is 5.27. The number of nitrogens with one attached hydrogen (secondary N) is 1. The van der Waals surface area contributed by atoms with Crippen molar-refractivity contribution in [1.29, 1.82) is 0 Å². The van der Waals surface area contributed by atoms with E-state index in [2.05, 4.69) is 24.1 Å². The Hall–Kier alpha value is -1.81. The van der Waals surface area contributed by atoms with Crippen LogP contribution in [0.1, 0.15) is 20.3 Å². The number of hydrogen-bond donors (Lipinski definition) is 3. The van der Waals surface area contributed by atoms with Crippen LogP contribution in [0.5, 0.6) is 0 Å². The van der Waals surface area contributed by atoms with Crippen molar-refractivity contribution in [3.8, 4) is 0 Å². The van der Waals surface area contributed by atoms with Crippen LogP contribution >= 0.6 is 0 Å². The molecule has 4 heteroatoms. The van der Waals surface area contributed by atoms with Crippen molar-refractivity contribution in [3.63, 3.8) is 0 Å². The Morgan fingerprint density at radius 3 is 2.84 bits per heavy atom. The molecule has 0 spiro atoms. The first-order valence-electron chi connectivity index (χ1n) is 6.63. The third-order valence-corrected chi connectivity index (χ3v) is 3.08. The summed E-state index contributed by atoms with van der Waals surface area (Å²) in [4.78, 5) is 4.36. The Balaban J connectivity index is 2.15. The molecular formula is C15H21N3O. The predicted molar refractivity (Wildman–Crippen MR) is 80.1 cm³/mol. The van der Waals surface area contributed by atoms with E-state index >= 15 is 0 Å². The number of benzene rings is 1. The summed E-state index contributed by atoms with van der Waals surface area (Å²) in [5.74, 6) is 0.484. The van der Waals surface area contributed by atoms with Crippen LogP contribution in [0.3, 0.4) is 0 Å². The first-order chi connectivity index (χ1) is 9.08. The molecule has 4 N–H and O–H groups in total. The standard InChI is InChI=1S/C15H21N3O/c1-10(2)8-11(19)9-18-14-6-5-13(16)12-4-3-7-17-15(12)14/h3-7,10-11,18-19H,8-9,16H2,1-2H3. The summed E-state index contributed by atoms with van der Waals surface area (Å²) < 4.78 is 0. The summed E-state index contributed by atoms with van der Waals surface area (Å²) in [6.07, 6.45) is 2.18. The number of aromatic nitrogens is 1. The second kappa shape index (κ2) is 5.89. The normalized spacial score (nSPS) is 12.8. The smallest absolute Gasteiger partial charge is 0.0953 e. The van der Waals surface area contributed by atoms with E-state index in [9.17, 15) is 5.11 Å². The molecule has 0 bridgehead atoms. The number of hydrogen-bond acceptors (Lipinski definition) is 4. The molecular weight excluding hydrogens is 238 g/mol. The Morgan fingerprint density at radius 2 is 2.11 bits per heavy atom. The molecule has 1 heterocycles. The Labute approximate surface area is 113 Å². The number of anilines is 2. The molecule has 0 fully saturated rings. The van der Waals surface area contributed by atoms with E-state index in [1.807, 2.05) is 24.3 Å². The van der Waals surface area contributed by atoms with Crippen molar-refractivity contribution in [2.45, 2.75) is 26.4 Å². The number of nitrogen functional groups attached to an aromatic ring is 1. The first kappa shape index (κ1) is 13.6. The minimum Gasteiger partial charge on any atom is -0.398 e. The third-order valence-electron chi connectivity index (χ3n) is 3.08. The maximum atomic E-state index is 9.90. The third kappa shape index (κ3) is 3.35. The van der Waals surface area contributed by atoms with Crippen molar-refractivity contribution in [2.24, 2.45) is 5.92 Å². The van der Waals surface area contributed by atoms with Gasteiger partial charge in [0.25, 0.3) is 0 Å². The highest BCUT2D eigenvalue weighted by Gasteiger charge is 2.09. The molecule has 19 heavy (non-hydrogen) atoms. The highest BCUT2D eigenvalue weighted by atomic mass is 16.3. The predicted octanol–water partition coefficient (Wildman–Crippen LogP) is 2.64. The van der Waals surface area contributed by atoms with Crippen LogP contribution in [0.4, 0.5) is 11.4 Å². The average molecular weight is 259 g/mol. The van der Waals surface area contributed by atoms with Gasteiger partial charge in [0.1, 0.15) is 0 Å². The van der Waals surface area contributed by atoms with Gasteiger partial charge in [0.15, 0.2) is 0 Å². The Kier molecular flexibility index (Phi) is 4.22. The number of aliphatic hydroxyl groups excluding tert-OH is 1. The van der Waals surface area contributed by atoms with Gasteiger partial charge in [-0.05, 0) is 36.6 Å². The van der Waals surface area contributed by atoms with Gasteiger partial charge < -0.3 is 16.2 Å². The quantitative estimate of drug-likeness (QED) is 0.722. The topological polar surface area (TPSA) is 71.2 Å². The van der Waals surface area contributed by atoms with Crippen LogP contribution in [0.2, 0.25) is 0 Å². The van der Waals surface area contributed by atoms with Crippen LogP contribution in [0.15, 0.2) is 30.5 Å². The molecule has 4 nitrogen and oxygen atoms in total. The lowest BCUT2D eigenvalue weighted by Gasteiger charge is -2.16. The molecule has 2 rings (SSSR count). The fourth-order valence-corrected chi connectivity index (χ4v) is 2.19. The molecule has 0 amide bonds. The van der Waals surface area contributed by atoms with E-state index in [1.165, 1.54) is 0 Å². The molecule has 1 unspecified atom stereocenters. The van der Waals surface area contributed by atoms with Gasteiger partial charge in [0, 0.05) is 23.8 Å². The van der Waals surface area contributed by atoms with Crippen molar-refractivity contribution in [3.05, 3.63) is 30.5 Å². The second-order valence-corrected chi connectivity index (χ2v) is 5.27.